The molecule has 6 aromatic rings. The van der Waals surface area contributed by atoms with E-state index in [9.17, 15) is 0 Å². The third-order valence-corrected chi connectivity index (χ3v) is 13.8. The molecule has 3 aliphatic heterocycles. The van der Waals surface area contributed by atoms with Gasteiger partial charge in [-0.1, -0.05) is 140 Å². The molecule has 0 radical (unpaired) electrons. The number of furan rings is 1. The van der Waals surface area contributed by atoms with Gasteiger partial charge in [-0.05, 0) is 59.0 Å². The van der Waals surface area contributed by atoms with E-state index in [-0.39, 0.29) is 23.4 Å². The van der Waals surface area contributed by atoms with Gasteiger partial charge in [-0.25, -0.2) is 4.99 Å². The van der Waals surface area contributed by atoms with Crippen LogP contribution in [0.2, 0.25) is 0 Å². The molecule has 2 N–H and O–H groups in total. The summed E-state index contributed by atoms with van der Waals surface area (Å²) >= 11 is 2.03. The number of hydrogen-bond donors (Lipinski definition) is 1. The second kappa shape index (κ2) is 13.2. The first kappa shape index (κ1) is 33.0. The van der Waals surface area contributed by atoms with Crippen molar-refractivity contribution in [3.8, 4) is 0 Å². The molecule has 0 fully saturated rings. The molecule has 1 aromatic heterocycles. The third-order valence-electron chi connectivity index (χ3n) is 12.4. The summed E-state index contributed by atoms with van der Waals surface area (Å²) in [5.74, 6) is 3.33. The van der Waals surface area contributed by atoms with E-state index in [1.54, 1.807) is 0 Å². The van der Waals surface area contributed by atoms with Crippen LogP contribution in [0.25, 0.3) is 16.5 Å². The zero-order valence-electron chi connectivity index (χ0n) is 31.2. The predicted octanol–water partition coefficient (Wildman–Crippen LogP) is 10.4. The van der Waals surface area contributed by atoms with Crippen LogP contribution in [0.5, 0.6) is 0 Å². The Labute approximate surface area is 336 Å². The number of nitrogens with zero attached hydrogens (tertiary/aromatic N) is 3. The van der Waals surface area contributed by atoms with E-state index < -0.39 is 0 Å². The quantitative estimate of drug-likeness (QED) is 0.191. The van der Waals surface area contributed by atoms with Crippen LogP contribution < -0.4 is 10.2 Å². The molecule has 6 aliphatic rings. The lowest BCUT2D eigenvalue weighted by molar-refractivity contribution is -0.586. The van der Waals surface area contributed by atoms with Crippen molar-refractivity contribution in [1.82, 2.24) is 0 Å². The van der Waals surface area contributed by atoms with Gasteiger partial charge in [0.05, 0.1) is 16.9 Å². The number of thioether (sulfide) groups is 1. The summed E-state index contributed by atoms with van der Waals surface area (Å²) in [5, 5.41) is 3.63. The minimum atomic E-state index is -0.161. The van der Waals surface area contributed by atoms with Crippen LogP contribution in [0.4, 0.5) is 5.69 Å². The standard InChI is InChI=1S/C51H38N4OS/c1-3-15-31(16-4-1)49-52-50(32-17-5-2-6-18-32)54-51(53-49)38-24-13-29-43-47(38)46-36(21-12-28-42(46)56-43)35-22-14-30-44-45(35)37-23-11-27-41(48(37)57-44)55-39-25-9-7-19-33(39)34-20-8-10-26-40(34)55/h1-11,13-27,29-30,33,37,39,48-49H,12,28H2,(H,52,53,54)/p+1. The van der Waals surface area contributed by atoms with Crippen LogP contribution in [0.15, 0.2) is 195 Å². The normalized spacial score (nSPS) is 23.9. The lowest BCUT2D eigenvalue weighted by Gasteiger charge is -2.36. The molecule has 5 unspecified atom stereocenters. The summed E-state index contributed by atoms with van der Waals surface area (Å²) in [6, 6.07) is 43.5. The Bertz CT molecular complexity index is 2840. The molecular weight excluding hydrogens is 717 g/mol. The lowest BCUT2D eigenvalue weighted by Crippen LogP contribution is -2.90. The van der Waals surface area contributed by atoms with Crippen molar-refractivity contribution in [2.24, 2.45) is 9.98 Å². The number of amidine groups is 2. The topological polar surface area (TPSA) is 57.7 Å². The molecule has 5 nitrogen and oxygen atoms in total. The summed E-state index contributed by atoms with van der Waals surface area (Å²) in [6.07, 6.45) is 20.4. The highest BCUT2D eigenvalue weighted by molar-refractivity contribution is 8.00. The van der Waals surface area contributed by atoms with Gasteiger partial charge in [-0.15, -0.1) is 11.8 Å². The first-order chi connectivity index (χ1) is 28.3. The van der Waals surface area contributed by atoms with Gasteiger partial charge in [-0.3, -0.25) is 5.32 Å². The Morgan fingerprint density at radius 1 is 0.737 bits per heavy atom. The zero-order chi connectivity index (χ0) is 37.5. The number of fused-ring (bicyclic) bond motifs is 9. The maximum absolute atomic E-state index is 6.80. The van der Waals surface area contributed by atoms with Crippen LogP contribution in [-0.4, -0.2) is 23.0 Å². The molecule has 6 heteroatoms. The highest BCUT2D eigenvalue weighted by Crippen LogP contribution is 2.57. The fourth-order valence-electron chi connectivity index (χ4n) is 9.97. The van der Waals surface area contributed by atoms with Gasteiger partial charge in [0.25, 0.3) is 0 Å². The zero-order valence-corrected chi connectivity index (χ0v) is 32.0. The number of aliphatic imine (C=N–C) groups is 2. The van der Waals surface area contributed by atoms with Crippen LogP contribution >= 0.6 is 11.8 Å². The van der Waals surface area contributed by atoms with Gasteiger partial charge < -0.3 is 9.32 Å². The van der Waals surface area contributed by atoms with E-state index in [0.717, 1.165) is 57.9 Å². The predicted molar refractivity (Wildman–Crippen MR) is 232 cm³/mol. The monoisotopic (exact) mass is 755 g/mol. The maximum Gasteiger partial charge on any atom is 0.236 e. The van der Waals surface area contributed by atoms with Gasteiger partial charge >= 0.3 is 0 Å². The fourth-order valence-corrected chi connectivity index (χ4v) is 11.5. The van der Waals surface area contributed by atoms with Crippen LogP contribution in [-0.2, 0) is 6.42 Å². The maximum atomic E-state index is 6.80. The summed E-state index contributed by atoms with van der Waals surface area (Å²) in [5.41, 5.74) is 13.5. The number of para-hydroxylation sites is 1. The number of allylic oxidation sites excluding steroid dienone is 6. The van der Waals surface area contributed by atoms with Crippen molar-refractivity contribution in [1.29, 1.82) is 0 Å². The van der Waals surface area contributed by atoms with Crippen molar-refractivity contribution in [2.75, 3.05) is 4.90 Å². The average Bonchev–Trinajstić information content (AvgIpc) is 3.97. The summed E-state index contributed by atoms with van der Waals surface area (Å²) < 4.78 is 6.80. The summed E-state index contributed by atoms with van der Waals surface area (Å²) in [6.45, 7) is 0. The summed E-state index contributed by atoms with van der Waals surface area (Å²) in [7, 11) is 0. The van der Waals surface area contributed by atoms with E-state index in [0.29, 0.717) is 5.92 Å². The number of anilines is 1. The molecule has 12 rings (SSSR count). The van der Waals surface area contributed by atoms with Crippen molar-refractivity contribution in [2.45, 2.75) is 47.0 Å². The molecular formula is C51H39N4OS+. The van der Waals surface area contributed by atoms with Gasteiger partial charge in [-0.2, -0.15) is 4.99 Å². The Balaban J connectivity index is 0.963. The molecule has 0 bridgehead atoms. The summed E-state index contributed by atoms with van der Waals surface area (Å²) in [4.78, 5) is 14.5. The van der Waals surface area contributed by atoms with Gasteiger partial charge in [0, 0.05) is 56.6 Å². The molecule has 4 heterocycles. The molecule has 0 saturated carbocycles. The van der Waals surface area contributed by atoms with Crippen molar-refractivity contribution in [3.63, 3.8) is 0 Å². The first-order valence-corrected chi connectivity index (χ1v) is 20.9. The lowest BCUT2D eigenvalue weighted by atomic mass is 9.81. The Morgan fingerprint density at radius 2 is 1.53 bits per heavy atom. The second-order valence-corrected chi connectivity index (χ2v) is 16.7. The Hall–Kier alpha value is -6.21. The van der Waals surface area contributed by atoms with Crippen molar-refractivity contribution >= 4 is 45.7 Å². The van der Waals surface area contributed by atoms with E-state index in [1.807, 2.05) is 17.8 Å². The van der Waals surface area contributed by atoms with Crippen LogP contribution in [0, 0.1) is 0 Å². The molecule has 3 aliphatic carbocycles. The number of hydrogen-bond acceptors (Lipinski definition) is 5. The second-order valence-electron chi connectivity index (χ2n) is 15.5. The third kappa shape index (κ3) is 5.21. The van der Waals surface area contributed by atoms with Crippen LogP contribution in [0.1, 0.15) is 69.1 Å². The van der Waals surface area contributed by atoms with Gasteiger partial charge in [0.2, 0.25) is 12.0 Å². The highest BCUT2D eigenvalue weighted by Gasteiger charge is 2.45. The number of nitrogens with two attached hydrogens (primary N) is 1. The fraction of sp³-hybridized carbons (Fsp3) is 0.137. The molecule has 0 amide bonds. The molecule has 57 heavy (non-hydrogen) atoms. The van der Waals surface area contributed by atoms with E-state index in [2.05, 4.69) is 174 Å². The number of quaternary nitrogens is 1. The average molecular weight is 756 g/mol. The largest absolute Gasteiger partial charge is 0.460 e. The van der Waals surface area contributed by atoms with E-state index in [1.165, 1.54) is 44.1 Å². The molecule has 274 valence electrons. The Morgan fingerprint density at radius 3 is 2.44 bits per heavy atom. The van der Waals surface area contributed by atoms with Gasteiger partial charge in [0.1, 0.15) is 11.3 Å². The van der Waals surface area contributed by atoms with Crippen LogP contribution in [0.3, 0.4) is 0 Å². The minimum absolute atomic E-state index is 0.161. The smallest absolute Gasteiger partial charge is 0.236 e. The Kier molecular flexibility index (Phi) is 7.63. The minimum Gasteiger partial charge on any atom is -0.460 e. The van der Waals surface area contributed by atoms with Crippen molar-refractivity contribution < 1.29 is 9.73 Å². The molecule has 5 aromatic carbocycles. The molecule has 0 spiro atoms. The number of aryl methyl sites for hydroxylation is 1. The number of benzene rings is 5. The van der Waals surface area contributed by atoms with Crippen molar-refractivity contribution in [3.05, 3.63) is 220 Å². The SMILES string of the molecule is C1=CC2c3c(cccc3C3=CCCc4oc5cccc(C6=NC(c7ccccc7)=NC(c7ccccc7)[NH2+]6)c5c43)SC2C(N2c3ccccc3C3C=CC=CC32)=C1. The number of rotatable bonds is 5. The highest BCUT2D eigenvalue weighted by atomic mass is 32.2. The van der Waals surface area contributed by atoms with E-state index >= 15 is 0 Å². The van der Waals surface area contributed by atoms with E-state index in [4.69, 9.17) is 14.4 Å². The van der Waals surface area contributed by atoms with Gasteiger partial charge in [0.15, 0.2) is 5.84 Å². The molecule has 0 saturated heterocycles. The first-order valence-electron chi connectivity index (χ1n) is 20.1. The molecule has 5 atom stereocenters.